The minimum absolute atomic E-state index is 0.125. The maximum Gasteiger partial charge on any atom is 0.200 e. The van der Waals surface area contributed by atoms with E-state index in [1.165, 1.54) is 5.57 Å². The third kappa shape index (κ3) is 8.57. The van der Waals surface area contributed by atoms with Gasteiger partial charge in [0, 0.05) is 12.8 Å². The van der Waals surface area contributed by atoms with Crippen LogP contribution < -0.4 is 0 Å². The van der Waals surface area contributed by atoms with Gasteiger partial charge in [-0.25, -0.2) is 0 Å². The summed E-state index contributed by atoms with van der Waals surface area (Å²) in [5.41, 5.74) is 1.87. The molecular weight excluding hydrogens is 412 g/mol. The normalized spacial score (nSPS) is 30.0. The molecular formula is C28H52O3Si. The van der Waals surface area contributed by atoms with Crippen LogP contribution in [-0.2, 0) is 9.22 Å². The predicted molar refractivity (Wildman–Crippen MR) is 140 cm³/mol. The first-order valence-corrected chi connectivity index (χ1v) is 15.1. The van der Waals surface area contributed by atoms with Crippen LogP contribution in [0.2, 0.25) is 16.6 Å². The zero-order chi connectivity index (χ0) is 24.7. The first-order valence-electron chi connectivity index (χ1n) is 13.0. The average molecular weight is 465 g/mol. The molecule has 1 aliphatic carbocycles. The summed E-state index contributed by atoms with van der Waals surface area (Å²) in [6.07, 6.45) is 10.5. The maximum atomic E-state index is 13.1. The second kappa shape index (κ2) is 12.7. The van der Waals surface area contributed by atoms with Crippen LogP contribution >= 0.6 is 0 Å². The molecule has 0 saturated heterocycles. The van der Waals surface area contributed by atoms with Gasteiger partial charge in [0.25, 0.3) is 0 Å². The van der Waals surface area contributed by atoms with Crippen LogP contribution in [0.1, 0.15) is 108 Å². The first kappa shape index (κ1) is 29.3. The number of hydrogen-bond donors (Lipinski definition) is 1. The highest BCUT2D eigenvalue weighted by Gasteiger charge is 2.47. The van der Waals surface area contributed by atoms with Crippen LogP contribution in [0.15, 0.2) is 23.8 Å². The molecule has 0 aromatic rings. The van der Waals surface area contributed by atoms with E-state index in [-0.39, 0.29) is 11.9 Å². The molecule has 0 unspecified atom stereocenters. The van der Waals surface area contributed by atoms with Gasteiger partial charge in [0.1, 0.15) is 0 Å². The third-order valence-corrected chi connectivity index (χ3v) is 13.8. The Balaban J connectivity index is 3.30. The highest BCUT2D eigenvalue weighted by Crippen LogP contribution is 2.44. The SMILES string of the molecule is C/C1=C/CC[C@@](C)(O)C[C@H](O[Si](C(C)C)(C(C)C)C(C)C)CC(=O)/C=C/[C@H](C(C)C)CC1. The lowest BCUT2D eigenvalue weighted by Crippen LogP contribution is -2.51. The number of ketones is 1. The lowest BCUT2D eigenvalue weighted by Gasteiger charge is -2.45. The van der Waals surface area contributed by atoms with E-state index in [0.29, 0.717) is 47.7 Å². The Labute approximate surface area is 200 Å². The number of hydrogen-bond acceptors (Lipinski definition) is 3. The van der Waals surface area contributed by atoms with Gasteiger partial charge in [0.15, 0.2) is 5.78 Å². The Hall–Kier alpha value is -0.713. The Kier molecular flexibility index (Phi) is 11.6. The molecule has 1 aliphatic rings. The van der Waals surface area contributed by atoms with Gasteiger partial charge in [0.05, 0.1) is 11.7 Å². The number of aliphatic hydroxyl groups is 1. The molecule has 3 nitrogen and oxygen atoms in total. The summed E-state index contributed by atoms with van der Waals surface area (Å²) in [6, 6.07) is 0. The molecule has 1 rings (SSSR count). The molecule has 0 aliphatic heterocycles. The van der Waals surface area contributed by atoms with E-state index in [0.717, 1.165) is 19.3 Å². The van der Waals surface area contributed by atoms with Gasteiger partial charge < -0.3 is 9.53 Å². The Morgan fingerprint density at radius 1 is 1.06 bits per heavy atom. The minimum Gasteiger partial charge on any atom is -0.413 e. The van der Waals surface area contributed by atoms with Crippen LogP contribution in [0, 0.1) is 11.8 Å². The summed E-state index contributed by atoms with van der Waals surface area (Å²) in [5.74, 6) is 1.04. The van der Waals surface area contributed by atoms with Crippen molar-refractivity contribution in [2.75, 3.05) is 0 Å². The molecule has 0 spiro atoms. The first-order chi connectivity index (χ1) is 14.7. The molecule has 0 aromatic heterocycles. The average Bonchev–Trinajstić information content (AvgIpc) is 2.63. The van der Waals surface area contributed by atoms with Gasteiger partial charge in [-0.3, -0.25) is 4.79 Å². The molecule has 0 radical (unpaired) electrons. The van der Waals surface area contributed by atoms with Gasteiger partial charge in [0.2, 0.25) is 8.32 Å². The second-order valence-corrected chi connectivity index (χ2v) is 17.2. The lowest BCUT2D eigenvalue weighted by atomic mass is 9.87. The van der Waals surface area contributed by atoms with Gasteiger partial charge in [-0.05, 0) is 74.1 Å². The molecule has 0 heterocycles. The topological polar surface area (TPSA) is 46.5 Å². The molecule has 1 N–H and O–H groups in total. The standard InChI is InChI=1S/C28H52O3Si/c1-20(2)25-14-13-24(9)12-11-17-28(10,30)19-27(18-26(29)16-15-25)31-32(21(3)4,22(5)6)23(7)8/h12,15-16,20-23,25,27,30H,11,13-14,17-19H2,1-10H3/b16-15+,24-12-/t25-,27-,28-/m1/s1. The number of allylic oxidation sites excluding steroid dienone is 4. The molecule has 0 aromatic carbocycles. The van der Waals surface area contributed by atoms with Crippen molar-refractivity contribution < 1.29 is 14.3 Å². The molecule has 186 valence electrons. The minimum atomic E-state index is -2.16. The predicted octanol–water partition coefficient (Wildman–Crippen LogP) is 8.00. The molecule has 32 heavy (non-hydrogen) atoms. The van der Waals surface area contributed by atoms with Gasteiger partial charge in [-0.15, -0.1) is 0 Å². The Bertz CT molecular complexity index is 621. The summed E-state index contributed by atoms with van der Waals surface area (Å²) in [5, 5.41) is 11.2. The highest BCUT2D eigenvalue weighted by molar-refractivity contribution is 6.77. The quantitative estimate of drug-likeness (QED) is 0.320. The zero-order valence-electron chi connectivity index (χ0n) is 22.7. The van der Waals surface area contributed by atoms with Crippen molar-refractivity contribution in [1.82, 2.24) is 0 Å². The van der Waals surface area contributed by atoms with E-state index in [9.17, 15) is 9.90 Å². The van der Waals surface area contributed by atoms with Crippen LogP contribution in [0.4, 0.5) is 0 Å². The van der Waals surface area contributed by atoms with Crippen molar-refractivity contribution in [2.24, 2.45) is 11.8 Å². The summed E-state index contributed by atoms with van der Waals surface area (Å²) >= 11 is 0. The van der Waals surface area contributed by atoms with Gasteiger partial charge in [-0.1, -0.05) is 73.1 Å². The van der Waals surface area contributed by atoms with Crippen molar-refractivity contribution in [3.05, 3.63) is 23.8 Å². The molecule has 0 saturated carbocycles. The molecule has 0 fully saturated rings. The van der Waals surface area contributed by atoms with Crippen LogP contribution in [0.25, 0.3) is 0 Å². The van der Waals surface area contributed by atoms with E-state index in [4.69, 9.17) is 4.43 Å². The Morgan fingerprint density at radius 2 is 1.62 bits per heavy atom. The lowest BCUT2D eigenvalue weighted by molar-refractivity contribution is -0.117. The zero-order valence-corrected chi connectivity index (χ0v) is 23.7. The number of rotatable bonds is 6. The fraction of sp³-hybridized carbons (Fsp3) is 0.821. The fourth-order valence-electron chi connectivity index (χ4n) is 5.75. The van der Waals surface area contributed by atoms with E-state index >= 15 is 0 Å². The number of carbonyl (C=O) groups excluding carboxylic acids is 1. The van der Waals surface area contributed by atoms with Gasteiger partial charge >= 0.3 is 0 Å². The van der Waals surface area contributed by atoms with Crippen LogP contribution in [-0.4, -0.2) is 30.9 Å². The summed E-state index contributed by atoms with van der Waals surface area (Å²) in [7, 11) is -2.16. The van der Waals surface area contributed by atoms with Crippen LogP contribution in [0.5, 0.6) is 0 Å². The summed E-state index contributed by atoms with van der Waals surface area (Å²) in [6.45, 7) is 22.2. The van der Waals surface area contributed by atoms with E-state index < -0.39 is 13.9 Å². The fourth-order valence-corrected chi connectivity index (χ4v) is 11.3. The number of carbonyl (C=O) groups is 1. The van der Waals surface area contributed by atoms with Crippen molar-refractivity contribution >= 4 is 14.1 Å². The van der Waals surface area contributed by atoms with E-state index in [1.54, 1.807) is 6.08 Å². The van der Waals surface area contributed by atoms with Crippen molar-refractivity contribution in [3.8, 4) is 0 Å². The summed E-state index contributed by atoms with van der Waals surface area (Å²) in [4.78, 5) is 13.1. The van der Waals surface area contributed by atoms with Gasteiger partial charge in [-0.2, -0.15) is 0 Å². The largest absolute Gasteiger partial charge is 0.413 e. The van der Waals surface area contributed by atoms with Crippen molar-refractivity contribution in [2.45, 2.75) is 136 Å². The molecule has 3 atom stereocenters. The smallest absolute Gasteiger partial charge is 0.200 e. The van der Waals surface area contributed by atoms with E-state index in [2.05, 4.69) is 74.5 Å². The highest BCUT2D eigenvalue weighted by atomic mass is 28.4. The maximum absolute atomic E-state index is 13.1. The van der Waals surface area contributed by atoms with Crippen molar-refractivity contribution in [3.63, 3.8) is 0 Å². The van der Waals surface area contributed by atoms with Crippen LogP contribution in [0.3, 0.4) is 0 Å². The van der Waals surface area contributed by atoms with Crippen molar-refractivity contribution in [1.29, 1.82) is 0 Å². The molecule has 0 bridgehead atoms. The molecule has 0 amide bonds. The second-order valence-electron chi connectivity index (χ2n) is 11.8. The summed E-state index contributed by atoms with van der Waals surface area (Å²) < 4.78 is 7.03. The molecule has 4 heteroatoms. The van der Waals surface area contributed by atoms with E-state index in [1.807, 2.05) is 6.92 Å². The Morgan fingerprint density at radius 3 is 2.12 bits per heavy atom. The third-order valence-electron chi connectivity index (χ3n) is 7.61. The monoisotopic (exact) mass is 464 g/mol.